The normalized spacial score (nSPS) is 11.8. The highest BCUT2D eigenvalue weighted by atomic mass is 16.3. The van der Waals surface area contributed by atoms with Crippen LogP contribution >= 0.6 is 0 Å². The van der Waals surface area contributed by atoms with Crippen LogP contribution in [-0.4, -0.2) is 4.98 Å². The van der Waals surface area contributed by atoms with E-state index in [0.717, 1.165) is 61.1 Å². The Hall–Kier alpha value is -7.03. The first kappa shape index (κ1) is 29.7. The molecule has 11 aromatic rings. The van der Waals surface area contributed by atoms with Crippen molar-refractivity contribution < 1.29 is 4.42 Å². The first-order chi connectivity index (χ1) is 26.3. The van der Waals surface area contributed by atoms with Gasteiger partial charge in [-0.15, -0.1) is 0 Å². The van der Waals surface area contributed by atoms with Crippen LogP contribution < -0.4 is 0 Å². The Bertz CT molecular complexity index is 3080. The Kier molecular flexibility index (Phi) is 6.59. The number of para-hydroxylation sites is 2. The number of aromatic nitrogens is 1. The van der Waals surface area contributed by atoms with Crippen LogP contribution in [0.15, 0.2) is 192 Å². The number of nitrogens with zero attached hydrogens (tertiary/aromatic N) is 1. The summed E-state index contributed by atoms with van der Waals surface area (Å²) >= 11 is 0. The van der Waals surface area contributed by atoms with Gasteiger partial charge in [0.2, 0.25) is 0 Å². The van der Waals surface area contributed by atoms with E-state index < -0.39 is 0 Å². The largest absolute Gasteiger partial charge is 0.455 e. The van der Waals surface area contributed by atoms with Crippen molar-refractivity contribution in [2.24, 2.45) is 0 Å². The fraction of sp³-hybridized carbons (Fsp3) is 0. The van der Waals surface area contributed by atoms with Crippen LogP contribution in [0.3, 0.4) is 0 Å². The molecule has 0 saturated carbocycles. The van der Waals surface area contributed by atoms with E-state index in [1.165, 1.54) is 49.0 Å². The molecule has 0 radical (unpaired) electrons. The minimum Gasteiger partial charge on any atom is -0.455 e. The maximum atomic E-state index is 6.37. The van der Waals surface area contributed by atoms with Crippen LogP contribution in [0.2, 0.25) is 0 Å². The summed E-state index contributed by atoms with van der Waals surface area (Å²) in [4.78, 5) is 5.15. The standard InChI is InChI=1S/C51H31NO/c1-3-10-34(11-4-1)46-30-38(31-47(52-46)35-12-5-2-6-13-35)40-27-23-37-24-28-43-39(26-22-36-25-29-44(40)50(37)49(36)43)32-18-20-33(21-19-32)41-15-9-16-45-42-14-7-8-17-48(42)53-51(41)45/h1-31H. The molecule has 0 atom stereocenters. The summed E-state index contributed by atoms with van der Waals surface area (Å²) in [5.41, 5.74) is 13.0. The van der Waals surface area contributed by atoms with Gasteiger partial charge in [-0.25, -0.2) is 4.98 Å². The van der Waals surface area contributed by atoms with Crippen LogP contribution in [0, 0.1) is 0 Å². The number of benzene rings is 9. The van der Waals surface area contributed by atoms with Crippen molar-refractivity contribution in [3.05, 3.63) is 188 Å². The van der Waals surface area contributed by atoms with Crippen molar-refractivity contribution in [2.45, 2.75) is 0 Å². The minimum atomic E-state index is 0.917. The molecule has 9 aromatic carbocycles. The monoisotopic (exact) mass is 673 g/mol. The van der Waals surface area contributed by atoms with Crippen molar-refractivity contribution in [3.63, 3.8) is 0 Å². The second kappa shape index (κ2) is 11.8. The molecule has 0 spiro atoms. The van der Waals surface area contributed by atoms with Crippen LogP contribution in [0.25, 0.3) is 110 Å². The SMILES string of the molecule is c1ccc(-c2cc(-c3ccc4ccc5c(-c6ccc(-c7cccc8c7oc7ccccc78)cc6)ccc6ccc3c4c65)cc(-c3ccccc3)n2)cc1. The average molecular weight is 674 g/mol. The third kappa shape index (κ3) is 4.77. The molecule has 0 unspecified atom stereocenters. The lowest BCUT2D eigenvalue weighted by Gasteiger charge is -2.17. The van der Waals surface area contributed by atoms with Crippen molar-refractivity contribution in [1.29, 1.82) is 0 Å². The maximum absolute atomic E-state index is 6.37. The molecule has 0 N–H and O–H groups in total. The van der Waals surface area contributed by atoms with Gasteiger partial charge in [0.25, 0.3) is 0 Å². The molecule has 246 valence electrons. The van der Waals surface area contributed by atoms with Gasteiger partial charge in [0.1, 0.15) is 11.2 Å². The van der Waals surface area contributed by atoms with Gasteiger partial charge in [-0.05, 0) is 78.3 Å². The first-order valence-electron chi connectivity index (χ1n) is 18.1. The number of hydrogen-bond acceptors (Lipinski definition) is 2. The lowest BCUT2D eigenvalue weighted by Crippen LogP contribution is -1.93. The van der Waals surface area contributed by atoms with Crippen LogP contribution in [-0.2, 0) is 0 Å². The Labute approximate surface area is 306 Å². The zero-order valence-corrected chi connectivity index (χ0v) is 28.8. The quantitative estimate of drug-likeness (QED) is 0.170. The van der Waals surface area contributed by atoms with E-state index in [2.05, 4.69) is 176 Å². The average Bonchev–Trinajstić information content (AvgIpc) is 3.62. The molecular weight excluding hydrogens is 643 g/mol. The van der Waals surface area contributed by atoms with E-state index >= 15 is 0 Å². The number of fused-ring (bicyclic) bond motifs is 3. The Balaban J connectivity index is 1.06. The topological polar surface area (TPSA) is 26.0 Å². The summed E-state index contributed by atoms with van der Waals surface area (Å²) < 4.78 is 6.37. The highest BCUT2D eigenvalue weighted by Crippen LogP contribution is 2.44. The predicted octanol–water partition coefficient (Wildman–Crippen LogP) is 14.2. The van der Waals surface area contributed by atoms with E-state index in [0.29, 0.717) is 0 Å². The smallest absolute Gasteiger partial charge is 0.143 e. The van der Waals surface area contributed by atoms with Gasteiger partial charge in [0.05, 0.1) is 11.4 Å². The van der Waals surface area contributed by atoms with E-state index in [4.69, 9.17) is 9.40 Å². The van der Waals surface area contributed by atoms with Gasteiger partial charge in [-0.2, -0.15) is 0 Å². The molecule has 2 aromatic heterocycles. The molecule has 0 amide bonds. The second-order valence-corrected chi connectivity index (χ2v) is 13.9. The van der Waals surface area contributed by atoms with E-state index in [1.807, 2.05) is 12.1 Å². The fourth-order valence-corrected chi connectivity index (χ4v) is 8.31. The van der Waals surface area contributed by atoms with Crippen molar-refractivity contribution in [1.82, 2.24) is 4.98 Å². The summed E-state index contributed by atoms with van der Waals surface area (Å²) in [6.45, 7) is 0. The predicted molar refractivity (Wildman–Crippen MR) is 222 cm³/mol. The molecule has 0 aliphatic carbocycles. The van der Waals surface area contributed by atoms with E-state index in [1.54, 1.807) is 0 Å². The van der Waals surface area contributed by atoms with Gasteiger partial charge in [-0.1, -0.05) is 170 Å². The summed E-state index contributed by atoms with van der Waals surface area (Å²) in [7, 11) is 0. The van der Waals surface area contributed by atoms with Gasteiger partial charge in [-0.3, -0.25) is 0 Å². The van der Waals surface area contributed by atoms with Crippen LogP contribution in [0.5, 0.6) is 0 Å². The first-order valence-corrected chi connectivity index (χ1v) is 18.1. The number of rotatable bonds is 5. The Morgan fingerprint density at radius 3 is 1.45 bits per heavy atom. The van der Waals surface area contributed by atoms with Gasteiger partial charge in [0, 0.05) is 27.5 Å². The second-order valence-electron chi connectivity index (χ2n) is 13.9. The van der Waals surface area contributed by atoms with Gasteiger partial charge in [0.15, 0.2) is 0 Å². The molecule has 0 aliphatic rings. The summed E-state index contributed by atoms with van der Waals surface area (Å²) in [6, 6.07) is 67.4. The highest BCUT2D eigenvalue weighted by molar-refractivity contribution is 6.27. The van der Waals surface area contributed by atoms with Crippen molar-refractivity contribution in [2.75, 3.05) is 0 Å². The zero-order chi connectivity index (χ0) is 34.9. The van der Waals surface area contributed by atoms with Crippen LogP contribution in [0.1, 0.15) is 0 Å². The lowest BCUT2D eigenvalue weighted by molar-refractivity contribution is 0.670. The molecule has 0 aliphatic heterocycles. The Morgan fingerprint density at radius 1 is 0.321 bits per heavy atom. The highest BCUT2D eigenvalue weighted by Gasteiger charge is 2.17. The zero-order valence-electron chi connectivity index (χ0n) is 28.8. The third-order valence-electron chi connectivity index (χ3n) is 10.9. The Morgan fingerprint density at radius 2 is 0.830 bits per heavy atom. The number of hydrogen-bond donors (Lipinski definition) is 0. The van der Waals surface area contributed by atoms with Gasteiger partial charge >= 0.3 is 0 Å². The molecule has 2 heteroatoms. The minimum absolute atomic E-state index is 0.917. The van der Waals surface area contributed by atoms with E-state index in [-0.39, 0.29) is 0 Å². The molecule has 2 nitrogen and oxygen atoms in total. The number of furan rings is 1. The van der Waals surface area contributed by atoms with E-state index in [9.17, 15) is 0 Å². The number of pyridine rings is 1. The summed E-state index contributed by atoms with van der Waals surface area (Å²) in [5, 5.41) is 9.89. The summed E-state index contributed by atoms with van der Waals surface area (Å²) in [5.74, 6) is 0. The molecule has 11 rings (SSSR count). The van der Waals surface area contributed by atoms with Crippen LogP contribution in [0.4, 0.5) is 0 Å². The summed E-state index contributed by atoms with van der Waals surface area (Å²) in [6.07, 6.45) is 0. The molecule has 2 heterocycles. The maximum Gasteiger partial charge on any atom is 0.143 e. The lowest BCUT2D eigenvalue weighted by atomic mass is 9.87. The molecular formula is C51H31NO. The van der Waals surface area contributed by atoms with Gasteiger partial charge < -0.3 is 4.42 Å². The van der Waals surface area contributed by atoms with Crippen molar-refractivity contribution >= 4 is 54.3 Å². The molecule has 0 saturated heterocycles. The molecule has 0 bridgehead atoms. The fourth-order valence-electron chi connectivity index (χ4n) is 8.31. The van der Waals surface area contributed by atoms with Crippen molar-refractivity contribution in [3.8, 4) is 55.9 Å². The molecule has 0 fully saturated rings. The molecule has 53 heavy (non-hydrogen) atoms. The third-order valence-corrected chi connectivity index (χ3v) is 10.9.